The third-order valence-corrected chi connectivity index (χ3v) is 3.96. The molecule has 2 rings (SSSR count). The maximum Gasteiger partial charge on any atom is 0.320 e. The average molecular weight is 251 g/mol. The van der Waals surface area contributed by atoms with Crippen LogP contribution < -0.4 is 0 Å². The van der Waals surface area contributed by atoms with E-state index in [0.29, 0.717) is 6.54 Å². The highest BCUT2D eigenvalue weighted by atomic mass is 16.5. The highest BCUT2D eigenvalue weighted by molar-refractivity contribution is 5.72. The van der Waals surface area contributed by atoms with Crippen molar-refractivity contribution >= 4 is 5.97 Å². The molecular formula is C15H25NO2. The molecular weight excluding hydrogens is 226 g/mol. The Morgan fingerprint density at radius 2 is 2.06 bits per heavy atom. The van der Waals surface area contributed by atoms with Crippen LogP contribution in [0.2, 0.25) is 0 Å². The van der Waals surface area contributed by atoms with E-state index >= 15 is 0 Å². The number of nitrogens with zero attached hydrogens (tertiary/aromatic N) is 1. The van der Waals surface area contributed by atoms with Crippen molar-refractivity contribution < 1.29 is 9.53 Å². The molecule has 1 heterocycles. The van der Waals surface area contributed by atoms with E-state index in [1.807, 2.05) is 6.92 Å². The van der Waals surface area contributed by atoms with Crippen LogP contribution in [0.5, 0.6) is 0 Å². The second-order valence-electron chi connectivity index (χ2n) is 5.49. The summed E-state index contributed by atoms with van der Waals surface area (Å²) in [5.74, 6) is -0.0594. The standard InChI is InChI=1S/C15H25NO2/c1-13(14-8-4-2-5-9-14)18-15(17)12-16-10-6-3-7-11-16/h8,13H,2-7,9-12H2,1H3. The second kappa shape index (κ2) is 6.93. The first-order valence-corrected chi connectivity index (χ1v) is 7.36. The van der Waals surface area contributed by atoms with E-state index in [9.17, 15) is 4.79 Å². The summed E-state index contributed by atoms with van der Waals surface area (Å²) < 4.78 is 5.54. The third-order valence-electron chi connectivity index (χ3n) is 3.96. The maximum absolute atomic E-state index is 11.9. The largest absolute Gasteiger partial charge is 0.457 e. The molecule has 0 amide bonds. The zero-order valence-corrected chi connectivity index (χ0v) is 11.5. The number of likely N-dealkylation sites (tertiary alicyclic amines) is 1. The number of piperidine rings is 1. The predicted octanol–water partition coefficient (Wildman–Crippen LogP) is 2.90. The summed E-state index contributed by atoms with van der Waals surface area (Å²) >= 11 is 0. The summed E-state index contributed by atoms with van der Waals surface area (Å²) in [6.07, 6.45) is 10.7. The molecule has 18 heavy (non-hydrogen) atoms. The Balaban J connectivity index is 1.74. The van der Waals surface area contributed by atoms with Crippen molar-refractivity contribution in [2.45, 2.75) is 58.0 Å². The lowest BCUT2D eigenvalue weighted by Gasteiger charge is -2.26. The van der Waals surface area contributed by atoms with E-state index < -0.39 is 0 Å². The summed E-state index contributed by atoms with van der Waals surface area (Å²) in [7, 11) is 0. The van der Waals surface area contributed by atoms with Crippen LogP contribution in [0.4, 0.5) is 0 Å². The van der Waals surface area contributed by atoms with Gasteiger partial charge in [0.05, 0.1) is 6.54 Å². The zero-order valence-electron chi connectivity index (χ0n) is 11.5. The number of hydrogen-bond acceptors (Lipinski definition) is 3. The van der Waals surface area contributed by atoms with Crippen molar-refractivity contribution in [1.29, 1.82) is 0 Å². The molecule has 0 saturated carbocycles. The van der Waals surface area contributed by atoms with Gasteiger partial charge in [-0.3, -0.25) is 9.69 Å². The van der Waals surface area contributed by atoms with Crippen LogP contribution in [0.15, 0.2) is 11.6 Å². The summed E-state index contributed by atoms with van der Waals surface area (Å²) in [4.78, 5) is 14.1. The topological polar surface area (TPSA) is 29.5 Å². The van der Waals surface area contributed by atoms with Crippen LogP contribution in [-0.4, -0.2) is 36.6 Å². The molecule has 1 fully saturated rings. The van der Waals surface area contributed by atoms with Crippen molar-refractivity contribution in [2.24, 2.45) is 0 Å². The number of rotatable bonds is 4. The Morgan fingerprint density at radius 1 is 1.28 bits per heavy atom. The number of carbonyl (C=O) groups is 1. The number of esters is 1. The van der Waals surface area contributed by atoms with E-state index in [4.69, 9.17) is 4.74 Å². The fourth-order valence-corrected chi connectivity index (χ4v) is 2.84. The number of ether oxygens (including phenoxy) is 1. The number of hydrogen-bond donors (Lipinski definition) is 0. The quantitative estimate of drug-likeness (QED) is 0.568. The van der Waals surface area contributed by atoms with Crippen molar-refractivity contribution in [3.8, 4) is 0 Å². The molecule has 102 valence electrons. The number of allylic oxidation sites excluding steroid dienone is 1. The van der Waals surface area contributed by atoms with Gasteiger partial charge < -0.3 is 4.74 Å². The molecule has 3 heteroatoms. The first kappa shape index (κ1) is 13.6. The van der Waals surface area contributed by atoms with Crippen LogP contribution in [0, 0.1) is 0 Å². The second-order valence-corrected chi connectivity index (χ2v) is 5.49. The third kappa shape index (κ3) is 4.13. The normalized spacial score (nSPS) is 23.3. The SMILES string of the molecule is CC(OC(=O)CN1CCCCC1)C1=CCCCC1. The lowest BCUT2D eigenvalue weighted by atomic mass is 9.96. The van der Waals surface area contributed by atoms with Gasteiger partial charge in [0.2, 0.25) is 0 Å². The molecule has 3 nitrogen and oxygen atoms in total. The van der Waals surface area contributed by atoms with E-state index in [2.05, 4.69) is 11.0 Å². The molecule has 0 bridgehead atoms. The van der Waals surface area contributed by atoms with Gasteiger partial charge in [-0.2, -0.15) is 0 Å². The van der Waals surface area contributed by atoms with Crippen LogP contribution in [0.25, 0.3) is 0 Å². The van der Waals surface area contributed by atoms with Crippen LogP contribution >= 0.6 is 0 Å². The van der Waals surface area contributed by atoms with Gasteiger partial charge in [-0.25, -0.2) is 0 Å². The van der Waals surface area contributed by atoms with E-state index in [1.165, 1.54) is 37.7 Å². The van der Waals surface area contributed by atoms with Crippen LogP contribution in [0.3, 0.4) is 0 Å². The van der Waals surface area contributed by atoms with Crippen LogP contribution in [-0.2, 0) is 9.53 Å². The van der Waals surface area contributed by atoms with Gasteiger partial charge >= 0.3 is 5.97 Å². The molecule has 0 aromatic heterocycles. The number of carbonyl (C=O) groups excluding carboxylic acids is 1. The smallest absolute Gasteiger partial charge is 0.320 e. The monoisotopic (exact) mass is 251 g/mol. The molecule has 0 spiro atoms. The Bertz CT molecular complexity index is 306. The molecule has 1 saturated heterocycles. The summed E-state index contributed by atoms with van der Waals surface area (Å²) in [6, 6.07) is 0. The van der Waals surface area contributed by atoms with Gasteiger partial charge in [-0.15, -0.1) is 0 Å². The molecule has 1 atom stereocenters. The molecule has 1 unspecified atom stereocenters. The first-order chi connectivity index (χ1) is 8.75. The highest BCUT2D eigenvalue weighted by Gasteiger charge is 2.19. The lowest BCUT2D eigenvalue weighted by molar-refractivity contribution is -0.148. The fourth-order valence-electron chi connectivity index (χ4n) is 2.84. The fraction of sp³-hybridized carbons (Fsp3) is 0.800. The van der Waals surface area contributed by atoms with Crippen molar-refractivity contribution in [1.82, 2.24) is 4.90 Å². The minimum Gasteiger partial charge on any atom is -0.457 e. The Kier molecular flexibility index (Phi) is 5.24. The molecule has 0 aromatic rings. The molecule has 0 aromatic carbocycles. The summed E-state index contributed by atoms with van der Waals surface area (Å²) in [5.41, 5.74) is 1.31. The summed E-state index contributed by atoms with van der Waals surface area (Å²) in [6.45, 7) is 4.57. The molecule has 2 aliphatic rings. The van der Waals surface area contributed by atoms with Gasteiger partial charge in [0.25, 0.3) is 0 Å². The van der Waals surface area contributed by atoms with E-state index in [0.717, 1.165) is 25.9 Å². The molecule has 1 aliphatic heterocycles. The predicted molar refractivity (Wildman–Crippen MR) is 72.4 cm³/mol. The van der Waals surface area contributed by atoms with Crippen molar-refractivity contribution in [2.75, 3.05) is 19.6 Å². The highest BCUT2D eigenvalue weighted by Crippen LogP contribution is 2.22. The van der Waals surface area contributed by atoms with E-state index in [-0.39, 0.29) is 12.1 Å². The Hall–Kier alpha value is -0.830. The van der Waals surface area contributed by atoms with Gasteiger partial charge in [-0.1, -0.05) is 12.5 Å². The van der Waals surface area contributed by atoms with Gasteiger partial charge in [0.15, 0.2) is 0 Å². The molecule has 1 aliphatic carbocycles. The zero-order chi connectivity index (χ0) is 12.8. The van der Waals surface area contributed by atoms with Gasteiger partial charge in [0, 0.05) is 0 Å². The van der Waals surface area contributed by atoms with Gasteiger partial charge in [0.1, 0.15) is 6.10 Å². The molecule has 0 N–H and O–H groups in total. The van der Waals surface area contributed by atoms with Crippen molar-refractivity contribution in [3.05, 3.63) is 11.6 Å². The first-order valence-electron chi connectivity index (χ1n) is 7.36. The average Bonchev–Trinajstić information content (AvgIpc) is 2.40. The summed E-state index contributed by atoms with van der Waals surface area (Å²) in [5, 5.41) is 0. The van der Waals surface area contributed by atoms with E-state index in [1.54, 1.807) is 0 Å². The van der Waals surface area contributed by atoms with Gasteiger partial charge in [-0.05, 0) is 64.1 Å². The van der Waals surface area contributed by atoms with Crippen LogP contribution in [0.1, 0.15) is 51.9 Å². The Labute approximate surface area is 110 Å². The minimum atomic E-state index is -0.0594. The Morgan fingerprint density at radius 3 is 2.72 bits per heavy atom. The minimum absolute atomic E-state index is 0.0254. The molecule has 0 radical (unpaired) electrons. The lowest BCUT2D eigenvalue weighted by Crippen LogP contribution is -2.36. The van der Waals surface area contributed by atoms with Crippen molar-refractivity contribution in [3.63, 3.8) is 0 Å². The maximum atomic E-state index is 11.9.